The third-order valence-corrected chi connectivity index (χ3v) is 4.04. The number of carbonyl (C=O) groups excluding carboxylic acids is 1. The zero-order chi connectivity index (χ0) is 13.0. The Bertz CT molecular complexity index is 417. The van der Waals surface area contributed by atoms with E-state index in [0.717, 1.165) is 18.5 Å². The summed E-state index contributed by atoms with van der Waals surface area (Å²) in [7, 11) is 0. The average Bonchev–Trinajstić information content (AvgIpc) is 2.39. The van der Waals surface area contributed by atoms with Crippen molar-refractivity contribution >= 4 is 23.6 Å². The van der Waals surface area contributed by atoms with Crippen LogP contribution >= 0.6 is 11.6 Å². The van der Waals surface area contributed by atoms with Crippen LogP contribution in [0.1, 0.15) is 49.4 Å². The molecule has 0 bridgehead atoms. The molecule has 98 valence electrons. The van der Waals surface area contributed by atoms with Gasteiger partial charge in [-0.1, -0.05) is 31.0 Å². The summed E-state index contributed by atoms with van der Waals surface area (Å²) in [5, 5.41) is 0.559. The average molecular weight is 266 g/mol. The highest BCUT2D eigenvalue weighted by Crippen LogP contribution is 2.32. The Morgan fingerprint density at radius 1 is 1.44 bits per heavy atom. The highest BCUT2D eigenvalue weighted by Gasteiger charge is 2.24. The molecule has 0 aromatic heterocycles. The molecule has 18 heavy (non-hydrogen) atoms. The van der Waals surface area contributed by atoms with Crippen molar-refractivity contribution in [2.75, 3.05) is 11.4 Å². The standard InChI is InChI=1S/C15H20ClNO/c1-2-6-12-7-3-4-10-17(12)15-9-5-8-14(16)13(15)11-18/h5,8-9,11-12H,2-4,6-7,10H2,1H3. The molecule has 1 aliphatic rings. The minimum Gasteiger partial charge on any atom is -0.368 e. The molecule has 1 fully saturated rings. The van der Waals surface area contributed by atoms with Crippen molar-refractivity contribution in [1.29, 1.82) is 0 Å². The molecule has 1 aliphatic heterocycles. The predicted octanol–water partition coefficient (Wildman–Crippen LogP) is 4.31. The number of benzene rings is 1. The Kier molecular flexibility index (Phi) is 4.65. The topological polar surface area (TPSA) is 20.3 Å². The fraction of sp³-hybridized carbons (Fsp3) is 0.533. The number of anilines is 1. The lowest BCUT2D eigenvalue weighted by molar-refractivity contribution is 0.112. The van der Waals surface area contributed by atoms with Gasteiger partial charge in [0.1, 0.15) is 0 Å². The fourth-order valence-electron chi connectivity index (χ4n) is 2.84. The molecule has 1 unspecified atom stereocenters. The van der Waals surface area contributed by atoms with Crippen molar-refractivity contribution in [3.05, 3.63) is 28.8 Å². The Morgan fingerprint density at radius 2 is 2.28 bits per heavy atom. The maximum atomic E-state index is 11.2. The summed E-state index contributed by atoms with van der Waals surface area (Å²) < 4.78 is 0. The van der Waals surface area contributed by atoms with Crippen LogP contribution < -0.4 is 4.90 Å². The van der Waals surface area contributed by atoms with Crippen LogP contribution in [0.4, 0.5) is 5.69 Å². The van der Waals surface area contributed by atoms with Crippen molar-refractivity contribution < 1.29 is 4.79 Å². The maximum Gasteiger partial charge on any atom is 0.153 e. The summed E-state index contributed by atoms with van der Waals surface area (Å²) in [4.78, 5) is 13.6. The summed E-state index contributed by atoms with van der Waals surface area (Å²) in [6.45, 7) is 3.25. The molecule has 1 atom stereocenters. The van der Waals surface area contributed by atoms with Crippen LogP contribution in [0.25, 0.3) is 0 Å². The number of hydrogen-bond acceptors (Lipinski definition) is 2. The highest BCUT2D eigenvalue weighted by atomic mass is 35.5. The molecule has 0 spiro atoms. The van der Waals surface area contributed by atoms with Crippen molar-refractivity contribution in [3.63, 3.8) is 0 Å². The summed E-state index contributed by atoms with van der Waals surface area (Å²) in [5.74, 6) is 0. The second-order valence-electron chi connectivity index (χ2n) is 4.92. The van der Waals surface area contributed by atoms with E-state index in [9.17, 15) is 4.79 Å². The molecule has 0 radical (unpaired) electrons. The van der Waals surface area contributed by atoms with Crippen LogP contribution in [0.2, 0.25) is 5.02 Å². The second-order valence-corrected chi connectivity index (χ2v) is 5.33. The zero-order valence-electron chi connectivity index (χ0n) is 10.9. The molecule has 1 aromatic rings. The molecular formula is C15H20ClNO. The molecule has 3 heteroatoms. The number of nitrogens with zero attached hydrogens (tertiary/aromatic N) is 1. The highest BCUT2D eigenvalue weighted by molar-refractivity contribution is 6.33. The molecule has 0 aliphatic carbocycles. The molecule has 1 heterocycles. The van der Waals surface area contributed by atoms with Crippen LogP contribution in [-0.2, 0) is 0 Å². The molecule has 2 rings (SSSR count). The van der Waals surface area contributed by atoms with Crippen LogP contribution in [-0.4, -0.2) is 18.9 Å². The molecule has 1 aromatic carbocycles. The van der Waals surface area contributed by atoms with Gasteiger partial charge in [0.2, 0.25) is 0 Å². The fourth-order valence-corrected chi connectivity index (χ4v) is 3.06. The molecule has 0 saturated carbocycles. The molecular weight excluding hydrogens is 246 g/mol. The van der Waals surface area contributed by atoms with E-state index in [1.807, 2.05) is 12.1 Å². The van der Waals surface area contributed by atoms with Gasteiger partial charge in [0.05, 0.1) is 10.6 Å². The minimum absolute atomic E-state index is 0.556. The van der Waals surface area contributed by atoms with E-state index < -0.39 is 0 Å². The van der Waals surface area contributed by atoms with Gasteiger partial charge in [-0.05, 0) is 37.8 Å². The molecule has 2 nitrogen and oxygen atoms in total. The third kappa shape index (κ3) is 2.69. The monoisotopic (exact) mass is 265 g/mol. The SMILES string of the molecule is CCCC1CCCCN1c1cccc(Cl)c1C=O. The lowest BCUT2D eigenvalue weighted by Crippen LogP contribution is -2.40. The zero-order valence-corrected chi connectivity index (χ0v) is 11.6. The second kappa shape index (κ2) is 6.24. The van der Waals surface area contributed by atoms with E-state index in [1.165, 1.54) is 32.1 Å². The normalized spacial score (nSPS) is 19.9. The maximum absolute atomic E-state index is 11.2. The van der Waals surface area contributed by atoms with Crippen molar-refractivity contribution in [2.24, 2.45) is 0 Å². The van der Waals surface area contributed by atoms with Crippen LogP contribution in [0.15, 0.2) is 18.2 Å². The third-order valence-electron chi connectivity index (χ3n) is 3.71. The van der Waals surface area contributed by atoms with Crippen LogP contribution in [0.3, 0.4) is 0 Å². The minimum atomic E-state index is 0.556. The van der Waals surface area contributed by atoms with E-state index in [1.54, 1.807) is 6.07 Å². The van der Waals surface area contributed by atoms with Gasteiger partial charge in [-0.3, -0.25) is 4.79 Å². The summed E-state index contributed by atoms with van der Waals surface area (Å²) in [5.41, 5.74) is 1.65. The van der Waals surface area contributed by atoms with Gasteiger partial charge in [-0.2, -0.15) is 0 Å². The molecule has 1 saturated heterocycles. The van der Waals surface area contributed by atoms with Gasteiger partial charge < -0.3 is 4.90 Å². The van der Waals surface area contributed by atoms with E-state index in [2.05, 4.69) is 11.8 Å². The van der Waals surface area contributed by atoms with Crippen LogP contribution in [0, 0.1) is 0 Å². The van der Waals surface area contributed by atoms with E-state index in [4.69, 9.17) is 11.6 Å². The first kappa shape index (κ1) is 13.4. The number of halogens is 1. The largest absolute Gasteiger partial charge is 0.368 e. The van der Waals surface area contributed by atoms with E-state index >= 15 is 0 Å². The Hall–Kier alpha value is -1.02. The van der Waals surface area contributed by atoms with Gasteiger partial charge >= 0.3 is 0 Å². The quantitative estimate of drug-likeness (QED) is 0.756. The Morgan fingerprint density at radius 3 is 3.00 bits per heavy atom. The lowest BCUT2D eigenvalue weighted by atomic mass is 9.96. The number of aldehydes is 1. The summed E-state index contributed by atoms with van der Waals surface area (Å²) in [6, 6.07) is 6.29. The van der Waals surface area contributed by atoms with Crippen molar-refractivity contribution in [2.45, 2.75) is 45.1 Å². The van der Waals surface area contributed by atoms with Crippen molar-refractivity contribution in [1.82, 2.24) is 0 Å². The van der Waals surface area contributed by atoms with Crippen LogP contribution in [0.5, 0.6) is 0 Å². The first-order chi connectivity index (χ1) is 8.77. The summed E-state index contributed by atoms with van der Waals surface area (Å²) >= 11 is 6.12. The van der Waals surface area contributed by atoms with E-state index in [0.29, 0.717) is 16.6 Å². The Labute approximate surface area is 114 Å². The number of rotatable bonds is 4. The van der Waals surface area contributed by atoms with Gasteiger partial charge in [0, 0.05) is 18.3 Å². The first-order valence-electron chi connectivity index (χ1n) is 6.78. The van der Waals surface area contributed by atoms with Crippen molar-refractivity contribution in [3.8, 4) is 0 Å². The van der Waals surface area contributed by atoms with E-state index in [-0.39, 0.29) is 0 Å². The molecule has 0 N–H and O–H groups in total. The lowest BCUT2D eigenvalue weighted by Gasteiger charge is -2.38. The number of hydrogen-bond donors (Lipinski definition) is 0. The predicted molar refractivity (Wildman–Crippen MR) is 76.7 cm³/mol. The first-order valence-corrected chi connectivity index (χ1v) is 7.16. The van der Waals surface area contributed by atoms with Gasteiger partial charge in [0.15, 0.2) is 6.29 Å². The summed E-state index contributed by atoms with van der Waals surface area (Å²) in [6.07, 6.45) is 6.96. The number of carbonyl (C=O) groups is 1. The number of piperidine rings is 1. The van der Waals surface area contributed by atoms with Gasteiger partial charge in [-0.15, -0.1) is 0 Å². The smallest absolute Gasteiger partial charge is 0.153 e. The Balaban J connectivity index is 2.33. The molecule has 0 amide bonds. The van der Waals surface area contributed by atoms with Gasteiger partial charge in [0.25, 0.3) is 0 Å². The van der Waals surface area contributed by atoms with Gasteiger partial charge in [-0.25, -0.2) is 0 Å².